The van der Waals surface area contributed by atoms with Gasteiger partial charge in [0, 0.05) is 85.4 Å². The maximum absolute atomic E-state index is 14.3. The average Bonchev–Trinajstić information content (AvgIpc) is 3.59. The van der Waals surface area contributed by atoms with Crippen molar-refractivity contribution in [3.63, 3.8) is 0 Å². The molecule has 7 rings (SSSR count). The minimum atomic E-state index is -0.726. The first-order chi connectivity index (χ1) is 38.2. The number of nitrogens with zero attached hydrogens (tertiary/aromatic N) is 6. The highest BCUT2D eigenvalue weighted by Gasteiger charge is 2.44. The van der Waals surface area contributed by atoms with E-state index in [1.54, 1.807) is 19.6 Å². The van der Waals surface area contributed by atoms with Crippen LogP contribution in [0, 0.1) is 13.8 Å². The standard InChI is InChI=1S/C35H48N4O6S.C27H42N4O4S/c1-23(2)39(26-15-12-17-37(21-26)33(43)45-34(4,5)6)30(40)27-20-28-29(19-24(27)3)46-35(7,8)31(41)38(28)18-16-36-32(42)44-22-25-13-10-9-11-14-25;1-17(2)31(19-10-9-12-29(16-19)25(34)35-26(4,5)6)23(32)20-15-21-22(14-18(20)3)36-27(7,8)24(33)30(21)13-11-28/h9-11,13-14,19-20,23,26H,12,15-18,21-22H2,1-8H3,(H,36,42);14-15,17,19H,9-13,16,28H2,1-8H3/t26-;19-/m11/s1. The van der Waals surface area contributed by atoms with Crippen molar-refractivity contribution >= 4 is 76.8 Å². The van der Waals surface area contributed by atoms with Crippen LogP contribution >= 0.6 is 23.5 Å². The molecule has 0 aliphatic carbocycles. The quantitative estimate of drug-likeness (QED) is 0.153. The number of benzene rings is 3. The Morgan fingerprint density at radius 3 is 1.48 bits per heavy atom. The molecule has 3 N–H and O–H groups in total. The van der Waals surface area contributed by atoms with Gasteiger partial charge in [0.05, 0.1) is 33.0 Å². The number of anilines is 2. The fourth-order valence-electron chi connectivity index (χ4n) is 10.8. The van der Waals surface area contributed by atoms with E-state index < -0.39 is 26.8 Å². The van der Waals surface area contributed by atoms with Crippen molar-refractivity contribution in [3.05, 3.63) is 82.4 Å². The summed E-state index contributed by atoms with van der Waals surface area (Å²) in [6, 6.07) is 16.6. The lowest BCUT2D eigenvalue weighted by Gasteiger charge is -2.42. The zero-order valence-electron chi connectivity index (χ0n) is 51.4. The van der Waals surface area contributed by atoms with E-state index in [2.05, 4.69) is 5.32 Å². The molecule has 0 unspecified atom stereocenters. The molecule has 20 heteroatoms. The van der Waals surface area contributed by atoms with E-state index in [1.165, 1.54) is 23.5 Å². The Kier molecular flexibility index (Phi) is 21.2. The molecule has 7 amide bonds. The van der Waals surface area contributed by atoms with Gasteiger partial charge in [0.2, 0.25) is 11.8 Å². The van der Waals surface area contributed by atoms with Crippen LogP contribution in [0.4, 0.5) is 25.8 Å². The van der Waals surface area contributed by atoms with Crippen molar-refractivity contribution in [3.8, 4) is 0 Å². The van der Waals surface area contributed by atoms with Gasteiger partial charge in [0.25, 0.3) is 11.8 Å². The van der Waals surface area contributed by atoms with E-state index in [4.69, 9.17) is 19.9 Å². The Labute approximate surface area is 495 Å². The molecular formula is C62H90N8O10S2. The van der Waals surface area contributed by atoms with Crippen LogP contribution in [0.15, 0.2) is 64.4 Å². The number of piperidine rings is 2. The van der Waals surface area contributed by atoms with Gasteiger partial charge in [0.15, 0.2) is 0 Å². The van der Waals surface area contributed by atoms with Gasteiger partial charge in [-0.1, -0.05) is 30.3 Å². The molecule has 0 radical (unpaired) electrons. The normalized spacial score (nSPS) is 18.7. The summed E-state index contributed by atoms with van der Waals surface area (Å²) in [5.41, 5.74) is 9.70. The summed E-state index contributed by atoms with van der Waals surface area (Å²) < 4.78 is 15.2. The van der Waals surface area contributed by atoms with Crippen molar-refractivity contribution in [1.82, 2.24) is 24.9 Å². The summed E-state index contributed by atoms with van der Waals surface area (Å²) in [5, 5.41) is 2.75. The monoisotopic (exact) mass is 1170 g/mol. The van der Waals surface area contributed by atoms with Crippen LogP contribution in [-0.2, 0) is 30.4 Å². The van der Waals surface area contributed by atoms with E-state index in [9.17, 15) is 33.6 Å². The number of fused-ring (bicyclic) bond motifs is 2. The second kappa shape index (κ2) is 26.7. The number of rotatable bonds is 13. The van der Waals surface area contributed by atoms with Crippen molar-refractivity contribution in [2.24, 2.45) is 5.73 Å². The number of hydrogen-bond donors (Lipinski definition) is 2. The Hall–Kier alpha value is -5.99. The molecule has 4 aliphatic heterocycles. The molecule has 0 bridgehead atoms. The minimum Gasteiger partial charge on any atom is -0.445 e. The van der Waals surface area contributed by atoms with Gasteiger partial charge >= 0.3 is 18.3 Å². The Morgan fingerprint density at radius 2 is 1.09 bits per heavy atom. The van der Waals surface area contributed by atoms with Gasteiger partial charge in [-0.05, 0) is 177 Å². The van der Waals surface area contributed by atoms with Gasteiger partial charge in [0.1, 0.15) is 17.8 Å². The first kappa shape index (κ1) is 65.2. The number of amides is 7. The number of nitrogens with two attached hydrogens (primary N) is 1. The van der Waals surface area contributed by atoms with Crippen LogP contribution in [0.25, 0.3) is 0 Å². The summed E-state index contributed by atoms with van der Waals surface area (Å²) in [6.45, 7) is 33.8. The lowest BCUT2D eigenvalue weighted by molar-refractivity contribution is -0.121. The number of ether oxygens (including phenoxy) is 3. The molecule has 18 nitrogen and oxygen atoms in total. The second-order valence-corrected chi connectivity index (χ2v) is 28.6. The molecule has 82 heavy (non-hydrogen) atoms. The molecule has 0 spiro atoms. The van der Waals surface area contributed by atoms with Gasteiger partial charge < -0.3 is 54.7 Å². The fourth-order valence-corrected chi connectivity index (χ4v) is 13.3. The summed E-state index contributed by atoms with van der Waals surface area (Å²) in [6.07, 6.45) is 1.87. The fraction of sp³-hybridized carbons (Fsp3) is 0.597. The number of aryl methyl sites for hydroxylation is 2. The topological polar surface area (TPSA) is 205 Å². The number of alkyl carbamates (subject to hydrolysis) is 1. The molecule has 450 valence electrons. The summed E-state index contributed by atoms with van der Waals surface area (Å²) in [4.78, 5) is 106. The predicted octanol–water partition coefficient (Wildman–Crippen LogP) is 10.8. The van der Waals surface area contributed by atoms with Crippen molar-refractivity contribution in [1.29, 1.82) is 0 Å². The van der Waals surface area contributed by atoms with Crippen LogP contribution < -0.4 is 20.9 Å². The first-order valence-corrected chi connectivity index (χ1v) is 30.4. The average molecular weight is 1170 g/mol. The molecule has 3 aromatic rings. The molecule has 2 atom stereocenters. The minimum absolute atomic E-state index is 0.00583. The highest BCUT2D eigenvalue weighted by molar-refractivity contribution is 8.02. The van der Waals surface area contributed by atoms with Crippen molar-refractivity contribution in [2.45, 2.75) is 198 Å². The van der Waals surface area contributed by atoms with E-state index in [-0.39, 0.29) is 79.7 Å². The van der Waals surface area contributed by atoms with Crippen LogP contribution in [0.3, 0.4) is 0 Å². The molecule has 2 fully saturated rings. The van der Waals surface area contributed by atoms with E-state index in [1.807, 2.05) is 175 Å². The molecule has 4 aliphatic rings. The van der Waals surface area contributed by atoms with Gasteiger partial charge in [-0.3, -0.25) is 19.2 Å². The van der Waals surface area contributed by atoms with Crippen molar-refractivity contribution < 1.29 is 47.8 Å². The number of carbonyl (C=O) groups is 7. The number of nitrogens with one attached hydrogen (secondary N) is 1. The third-order valence-corrected chi connectivity index (χ3v) is 17.0. The smallest absolute Gasteiger partial charge is 0.410 e. The molecule has 0 aromatic heterocycles. The van der Waals surface area contributed by atoms with Gasteiger partial charge in [-0.15, -0.1) is 23.5 Å². The Morgan fingerprint density at radius 1 is 0.671 bits per heavy atom. The van der Waals surface area contributed by atoms with E-state index in [0.717, 1.165) is 57.9 Å². The number of likely N-dealkylation sites (tertiary alicyclic amines) is 2. The lowest BCUT2D eigenvalue weighted by Crippen LogP contribution is -2.54. The SMILES string of the molecule is Cc1cc2c(cc1C(=O)N(C(C)C)[C@@H]1CCCN(C(=O)OC(C)(C)C)C1)N(CCN)C(=O)C(C)(C)S2.Cc1cc2c(cc1C(=O)N(C(C)C)[C@@H]1CCCN(C(=O)OC(C)(C)C)C1)N(CCNC(=O)OCc1ccccc1)C(=O)C(C)(C)S2. The summed E-state index contributed by atoms with van der Waals surface area (Å²) in [5.74, 6) is -0.339. The number of hydrogen-bond acceptors (Lipinski definition) is 13. The van der Waals surface area contributed by atoms with E-state index in [0.29, 0.717) is 56.1 Å². The second-order valence-electron chi connectivity index (χ2n) is 25.2. The van der Waals surface area contributed by atoms with Gasteiger partial charge in [-0.2, -0.15) is 0 Å². The maximum atomic E-state index is 14.3. The third-order valence-electron chi connectivity index (χ3n) is 14.5. The lowest BCUT2D eigenvalue weighted by atomic mass is 9.99. The Bertz CT molecular complexity index is 2830. The molecule has 3 aromatic carbocycles. The number of carbonyl (C=O) groups excluding carboxylic acids is 7. The van der Waals surface area contributed by atoms with Crippen LogP contribution in [0.2, 0.25) is 0 Å². The molecule has 0 saturated carbocycles. The molecule has 2 saturated heterocycles. The van der Waals surface area contributed by atoms with Crippen molar-refractivity contribution in [2.75, 3.05) is 62.2 Å². The third kappa shape index (κ3) is 16.2. The number of thioether (sulfide) groups is 2. The predicted molar refractivity (Wildman–Crippen MR) is 325 cm³/mol. The van der Waals surface area contributed by atoms with Crippen LogP contribution in [-0.4, -0.2) is 159 Å². The molecule has 4 heterocycles. The Balaban J connectivity index is 0.000000272. The first-order valence-electron chi connectivity index (χ1n) is 28.8. The summed E-state index contributed by atoms with van der Waals surface area (Å²) in [7, 11) is 0. The highest BCUT2D eigenvalue weighted by Crippen LogP contribution is 2.48. The largest absolute Gasteiger partial charge is 0.445 e. The highest BCUT2D eigenvalue weighted by atomic mass is 32.2. The maximum Gasteiger partial charge on any atom is 0.410 e. The van der Waals surface area contributed by atoms with Gasteiger partial charge in [-0.25, -0.2) is 14.4 Å². The zero-order chi connectivity index (χ0) is 60.8. The zero-order valence-corrected chi connectivity index (χ0v) is 53.0. The van der Waals surface area contributed by atoms with Crippen LogP contribution in [0.5, 0.6) is 0 Å². The van der Waals surface area contributed by atoms with E-state index >= 15 is 0 Å². The molecular weight excluding hydrogens is 1080 g/mol. The summed E-state index contributed by atoms with van der Waals surface area (Å²) >= 11 is 2.99. The van der Waals surface area contributed by atoms with Crippen LogP contribution in [0.1, 0.15) is 160 Å².